The largest absolute Gasteiger partial charge is 0.463 e. The third kappa shape index (κ3) is 4.16. The Morgan fingerprint density at radius 2 is 2.11 bits per heavy atom. The number of tetrazole rings is 1. The summed E-state index contributed by atoms with van der Waals surface area (Å²) >= 11 is 1.33. The number of ether oxygens (including phenoxy) is 1. The molecule has 0 unspecified atom stereocenters. The van der Waals surface area contributed by atoms with Gasteiger partial charge in [0.05, 0.1) is 23.9 Å². The molecule has 1 aliphatic heterocycles. The van der Waals surface area contributed by atoms with Crippen LogP contribution in [0.1, 0.15) is 25.0 Å². The highest BCUT2D eigenvalue weighted by Gasteiger charge is 2.30. The van der Waals surface area contributed by atoms with E-state index >= 15 is 0 Å². The summed E-state index contributed by atoms with van der Waals surface area (Å²) < 4.78 is 6.76. The first-order chi connectivity index (χ1) is 13.4. The Hall–Kier alpha value is -2.88. The number of benzene rings is 1. The van der Waals surface area contributed by atoms with Crippen LogP contribution in [0.15, 0.2) is 34.6 Å². The highest BCUT2D eigenvalue weighted by Crippen LogP contribution is 2.24. The summed E-state index contributed by atoms with van der Waals surface area (Å²) in [6.45, 7) is 7.81. The van der Waals surface area contributed by atoms with Gasteiger partial charge in [0.1, 0.15) is 0 Å². The minimum Gasteiger partial charge on any atom is -0.463 e. The maximum Gasteiger partial charge on any atom is 0.337 e. The van der Waals surface area contributed by atoms with E-state index in [1.807, 2.05) is 32.0 Å². The summed E-state index contributed by atoms with van der Waals surface area (Å²) in [7, 11) is 0. The van der Waals surface area contributed by atoms with Gasteiger partial charge in [-0.1, -0.05) is 17.8 Å². The van der Waals surface area contributed by atoms with Crippen LogP contribution in [0.2, 0.25) is 0 Å². The van der Waals surface area contributed by atoms with Crippen molar-refractivity contribution in [1.82, 2.24) is 30.8 Å². The van der Waals surface area contributed by atoms with Gasteiger partial charge < -0.3 is 15.4 Å². The zero-order chi connectivity index (χ0) is 20.3. The number of aromatic nitrogens is 4. The molecule has 0 saturated heterocycles. The Morgan fingerprint density at radius 1 is 1.32 bits per heavy atom. The van der Waals surface area contributed by atoms with Gasteiger partial charge in [-0.2, -0.15) is 4.68 Å². The predicted octanol–water partition coefficient (Wildman–Crippen LogP) is 1.89. The van der Waals surface area contributed by atoms with Crippen LogP contribution >= 0.6 is 11.8 Å². The zero-order valence-corrected chi connectivity index (χ0v) is 17.0. The molecule has 1 atom stereocenters. The second-order valence-electron chi connectivity index (χ2n) is 6.36. The SMILES string of the molecule is CCOC(=O)C1=C(CSc2nnnn2-c2ccc(C)c(C)c2)NC(=O)N[C@H]1C. The van der Waals surface area contributed by atoms with E-state index in [-0.39, 0.29) is 12.6 Å². The molecule has 2 amide bonds. The summed E-state index contributed by atoms with van der Waals surface area (Å²) in [4.78, 5) is 24.2. The maximum absolute atomic E-state index is 12.3. The molecule has 0 bridgehead atoms. The second-order valence-corrected chi connectivity index (χ2v) is 7.31. The van der Waals surface area contributed by atoms with Crippen molar-refractivity contribution < 1.29 is 14.3 Å². The van der Waals surface area contributed by atoms with Gasteiger partial charge in [0.2, 0.25) is 5.16 Å². The third-order valence-electron chi connectivity index (χ3n) is 4.39. The molecule has 0 spiro atoms. The van der Waals surface area contributed by atoms with Crippen molar-refractivity contribution in [3.05, 3.63) is 40.6 Å². The van der Waals surface area contributed by atoms with Crippen LogP contribution in [0.25, 0.3) is 5.69 Å². The lowest BCUT2D eigenvalue weighted by Crippen LogP contribution is -2.49. The van der Waals surface area contributed by atoms with E-state index in [0.29, 0.717) is 22.2 Å². The van der Waals surface area contributed by atoms with Gasteiger partial charge >= 0.3 is 12.0 Å². The van der Waals surface area contributed by atoms with E-state index in [1.165, 1.54) is 17.3 Å². The fraction of sp³-hybridized carbons (Fsp3) is 0.389. The number of hydrogen-bond donors (Lipinski definition) is 2. The van der Waals surface area contributed by atoms with Crippen molar-refractivity contribution in [3.63, 3.8) is 0 Å². The second kappa shape index (κ2) is 8.42. The number of hydrogen-bond acceptors (Lipinski definition) is 7. The topological polar surface area (TPSA) is 111 Å². The van der Waals surface area contributed by atoms with Crippen LogP contribution < -0.4 is 10.6 Å². The standard InChI is InChI=1S/C18H22N6O3S/c1-5-27-16(25)15-12(4)19-17(26)20-14(15)9-28-18-21-22-23-24(18)13-7-6-10(2)11(3)8-13/h6-8,12H,5,9H2,1-4H3,(H2,19,20,26)/t12-/m0/s1. The van der Waals surface area contributed by atoms with Crippen LogP contribution in [-0.2, 0) is 9.53 Å². The quantitative estimate of drug-likeness (QED) is 0.561. The Balaban J connectivity index is 1.85. The number of esters is 1. The zero-order valence-electron chi connectivity index (χ0n) is 16.1. The molecule has 3 rings (SSSR count). The molecule has 0 aliphatic carbocycles. The molecule has 2 aromatic rings. The molecular weight excluding hydrogens is 380 g/mol. The van der Waals surface area contributed by atoms with Crippen molar-refractivity contribution >= 4 is 23.8 Å². The van der Waals surface area contributed by atoms with E-state index in [2.05, 4.69) is 26.2 Å². The number of aryl methyl sites for hydroxylation is 2. The van der Waals surface area contributed by atoms with E-state index in [4.69, 9.17) is 4.74 Å². The lowest BCUT2D eigenvalue weighted by Gasteiger charge is -2.26. The first-order valence-corrected chi connectivity index (χ1v) is 9.85. The van der Waals surface area contributed by atoms with Crippen molar-refractivity contribution in [2.75, 3.05) is 12.4 Å². The van der Waals surface area contributed by atoms with Gasteiger partial charge in [-0.25, -0.2) is 9.59 Å². The number of amides is 2. The van der Waals surface area contributed by atoms with Gasteiger partial charge in [0.15, 0.2) is 0 Å². The van der Waals surface area contributed by atoms with Crippen LogP contribution in [0.5, 0.6) is 0 Å². The number of nitrogens with one attached hydrogen (secondary N) is 2. The van der Waals surface area contributed by atoms with Gasteiger partial charge in [-0.3, -0.25) is 0 Å². The minimum atomic E-state index is -0.452. The molecule has 0 saturated carbocycles. The molecular formula is C18H22N6O3S. The molecule has 1 aliphatic rings. The van der Waals surface area contributed by atoms with Crippen molar-refractivity contribution in [1.29, 1.82) is 0 Å². The lowest BCUT2D eigenvalue weighted by molar-refractivity contribution is -0.138. The minimum absolute atomic E-state index is 0.258. The van der Waals surface area contributed by atoms with Gasteiger partial charge in [0, 0.05) is 11.4 Å². The number of carbonyl (C=O) groups is 2. The molecule has 1 aromatic carbocycles. The fourth-order valence-corrected chi connectivity index (χ4v) is 3.68. The Labute approximate surface area is 166 Å². The van der Waals surface area contributed by atoms with E-state index in [9.17, 15) is 9.59 Å². The predicted molar refractivity (Wildman–Crippen MR) is 104 cm³/mol. The van der Waals surface area contributed by atoms with Crippen LogP contribution in [0.4, 0.5) is 4.79 Å². The van der Waals surface area contributed by atoms with E-state index in [1.54, 1.807) is 18.5 Å². The third-order valence-corrected chi connectivity index (χ3v) is 5.33. The molecule has 148 valence electrons. The molecule has 1 aromatic heterocycles. The average Bonchev–Trinajstić information content (AvgIpc) is 3.10. The number of nitrogens with zero attached hydrogens (tertiary/aromatic N) is 4. The molecule has 0 radical (unpaired) electrons. The van der Waals surface area contributed by atoms with Crippen molar-refractivity contribution in [2.45, 2.75) is 38.9 Å². The molecule has 10 heteroatoms. The van der Waals surface area contributed by atoms with Crippen LogP contribution in [0, 0.1) is 13.8 Å². The summed E-state index contributed by atoms with van der Waals surface area (Å²) in [5, 5.41) is 17.8. The number of thioether (sulfide) groups is 1. The lowest BCUT2D eigenvalue weighted by atomic mass is 10.1. The maximum atomic E-state index is 12.3. The molecule has 9 nitrogen and oxygen atoms in total. The highest BCUT2D eigenvalue weighted by atomic mass is 32.2. The van der Waals surface area contributed by atoms with Crippen LogP contribution in [-0.4, -0.2) is 50.6 Å². The number of urea groups is 1. The number of rotatable bonds is 6. The molecule has 2 N–H and O–H groups in total. The molecule has 0 fully saturated rings. The Morgan fingerprint density at radius 3 is 2.82 bits per heavy atom. The summed E-state index contributed by atoms with van der Waals surface area (Å²) in [6.07, 6.45) is 0. The summed E-state index contributed by atoms with van der Waals surface area (Å²) in [6, 6.07) is 5.16. The fourth-order valence-electron chi connectivity index (χ4n) is 2.82. The first kappa shape index (κ1) is 19.9. The Bertz CT molecular complexity index is 939. The van der Waals surface area contributed by atoms with Gasteiger partial charge in [0.25, 0.3) is 0 Å². The average molecular weight is 402 g/mol. The summed E-state index contributed by atoms with van der Waals surface area (Å²) in [5.74, 6) is -0.135. The molecule has 28 heavy (non-hydrogen) atoms. The molecule has 2 heterocycles. The van der Waals surface area contributed by atoms with E-state index in [0.717, 1.165) is 11.3 Å². The van der Waals surface area contributed by atoms with Crippen molar-refractivity contribution in [3.8, 4) is 5.69 Å². The monoisotopic (exact) mass is 402 g/mol. The van der Waals surface area contributed by atoms with Gasteiger partial charge in [-0.05, 0) is 61.4 Å². The van der Waals surface area contributed by atoms with Crippen molar-refractivity contribution in [2.24, 2.45) is 0 Å². The summed E-state index contributed by atoms with van der Waals surface area (Å²) in [5.41, 5.74) is 4.06. The number of carbonyl (C=O) groups excluding carboxylic acids is 2. The Kier molecular flexibility index (Phi) is 5.98. The van der Waals surface area contributed by atoms with Crippen LogP contribution in [0.3, 0.4) is 0 Å². The van der Waals surface area contributed by atoms with Gasteiger partial charge in [-0.15, -0.1) is 5.10 Å². The smallest absolute Gasteiger partial charge is 0.337 e. The highest BCUT2D eigenvalue weighted by molar-refractivity contribution is 7.99. The first-order valence-electron chi connectivity index (χ1n) is 8.87. The van der Waals surface area contributed by atoms with E-state index < -0.39 is 12.0 Å². The normalized spacial score (nSPS) is 16.6.